The molecule has 1 heterocycles. The largest absolute Gasteiger partial charge is 0.396 e. The SMILES string of the molecule is O=c1[nH]c(=O)n([C@H]2C[C@H](O)[C@]3(CO)C[C@H]23)cc1/C=C/Br. The van der Waals surface area contributed by atoms with Crippen LogP contribution in [0, 0.1) is 11.3 Å². The molecule has 0 aliphatic heterocycles. The number of halogens is 1. The summed E-state index contributed by atoms with van der Waals surface area (Å²) < 4.78 is 1.47. The van der Waals surface area contributed by atoms with Crippen LogP contribution in [0.25, 0.3) is 6.08 Å². The normalized spacial score (nSPS) is 35.5. The molecular weight excluding hydrogens is 328 g/mol. The van der Waals surface area contributed by atoms with Crippen LogP contribution in [-0.2, 0) is 0 Å². The fourth-order valence-electron chi connectivity index (χ4n) is 3.41. The van der Waals surface area contributed by atoms with Gasteiger partial charge in [0.25, 0.3) is 5.56 Å². The Morgan fingerprint density at radius 3 is 2.85 bits per heavy atom. The van der Waals surface area contributed by atoms with E-state index in [1.54, 1.807) is 11.1 Å². The Morgan fingerprint density at radius 1 is 1.55 bits per heavy atom. The molecule has 0 unspecified atom stereocenters. The van der Waals surface area contributed by atoms with E-state index in [0.29, 0.717) is 18.4 Å². The smallest absolute Gasteiger partial charge is 0.328 e. The molecule has 0 bridgehead atoms. The van der Waals surface area contributed by atoms with Gasteiger partial charge in [-0.2, -0.15) is 0 Å². The van der Waals surface area contributed by atoms with Crippen molar-refractivity contribution in [3.8, 4) is 0 Å². The van der Waals surface area contributed by atoms with E-state index in [0.717, 1.165) is 0 Å². The molecule has 0 radical (unpaired) electrons. The van der Waals surface area contributed by atoms with Crippen molar-refractivity contribution in [2.75, 3.05) is 6.61 Å². The Hall–Kier alpha value is -1.18. The van der Waals surface area contributed by atoms with Gasteiger partial charge in [0.15, 0.2) is 0 Å². The highest BCUT2D eigenvalue weighted by atomic mass is 79.9. The number of fused-ring (bicyclic) bond motifs is 1. The first-order chi connectivity index (χ1) is 9.53. The lowest BCUT2D eigenvalue weighted by atomic mass is 10.0. The summed E-state index contributed by atoms with van der Waals surface area (Å²) in [5.41, 5.74) is -0.992. The van der Waals surface area contributed by atoms with Gasteiger partial charge in [-0.05, 0) is 29.8 Å². The predicted molar refractivity (Wildman–Crippen MR) is 76.6 cm³/mol. The predicted octanol–water partition coefficient (Wildman–Crippen LogP) is 0.206. The number of aromatic nitrogens is 2. The van der Waals surface area contributed by atoms with Gasteiger partial charge in [-0.15, -0.1) is 0 Å². The van der Waals surface area contributed by atoms with Crippen molar-refractivity contribution in [1.29, 1.82) is 0 Å². The number of nitrogens with one attached hydrogen (secondary N) is 1. The van der Waals surface area contributed by atoms with Crippen molar-refractivity contribution in [3.05, 3.63) is 37.6 Å². The van der Waals surface area contributed by atoms with E-state index < -0.39 is 22.8 Å². The Kier molecular flexibility index (Phi) is 3.23. The molecule has 6 nitrogen and oxygen atoms in total. The molecule has 0 aromatic carbocycles. The van der Waals surface area contributed by atoms with Crippen LogP contribution in [0.3, 0.4) is 0 Å². The fraction of sp³-hybridized carbons (Fsp3) is 0.538. The molecular formula is C13H15BrN2O4. The van der Waals surface area contributed by atoms with E-state index in [-0.39, 0.29) is 18.6 Å². The van der Waals surface area contributed by atoms with Crippen LogP contribution < -0.4 is 11.2 Å². The quantitative estimate of drug-likeness (QED) is 0.731. The Bertz CT molecular complexity index is 680. The summed E-state index contributed by atoms with van der Waals surface area (Å²) in [6.07, 6.45) is 3.62. The van der Waals surface area contributed by atoms with Crippen LogP contribution >= 0.6 is 15.9 Å². The highest BCUT2D eigenvalue weighted by Crippen LogP contribution is 2.66. The van der Waals surface area contributed by atoms with Gasteiger partial charge in [0.1, 0.15) is 0 Å². The molecule has 1 aromatic heterocycles. The van der Waals surface area contributed by atoms with Crippen molar-refractivity contribution in [2.45, 2.75) is 25.0 Å². The molecule has 2 aliphatic carbocycles. The van der Waals surface area contributed by atoms with Crippen molar-refractivity contribution in [1.82, 2.24) is 9.55 Å². The van der Waals surface area contributed by atoms with Crippen LogP contribution in [0.1, 0.15) is 24.4 Å². The minimum atomic E-state index is -0.600. The molecule has 2 saturated carbocycles. The van der Waals surface area contributed by atoms with Gasteiger partial charge in [-0.3, -0.25) is 14.3 Å². The monoisotopic (exact) mass is 342 g/mol. The summed E-state index contributed by atoms with van der Waals surface area (Å²) in [4.78, 5) is 27.5. The van der Waals surface area contributed by atoms with Gasteiger partial charge in [0.2, 0.25) is 0 Å². The zero-order valence-electron chi connectivity index (χ0n) is 10.6. The lowest BCUT2D eigenvalue weighted by molar-refractivity contribution is 0.0599. The van der Waals surface area contributed by atoms with Gasteiger partial charge < -0.3 is 10.2 Å². The summed E-state index contributed by atoms with van der Waals surface area (Å²) in [5, 5.41) is 19.5. The third kappa shape index (κ3) is 1.84. The average molecular weight is 343 g/mol. The Labute approximate surface area is 122 Å². The molecule has 1 aromatic rings. The molecule has 4 atom stereocenters. The van der Waals surface area contributed by atoms with E-state index in [2.05, 4.69) is 20.9 Å². The summed E-state index contributed by atoms with van der Waals surface area (Å²) in [7, 11) is 0. The van der Waals surface area contributed by atoms with Crippen molar-refractivity contribution in [3.63, 3.8) is 0 Å². The van der Waals surface area contributed by atoms with Crippen molar-refractivity contribution in [2.24, 2.45) is 11.3 Å². The number of aliphatic hydroxyl groups is 2. The summed E-state index contributed by atoms with van der Waals surface area (Å²) in [6, 6.07) is -0.177. The minimum Gasteiger partial charge on any atom is -0.396 e. The number of H-pyrrole nitrogens is 1. The maximum Gasteiger partial charge on any atom is 0.328 e. The second-order valence-corrected chi connectivity index (χ2v) is 6.09. The number of nitrogens with zero attached hydrogens (tertiary/aromatic N) is 1. The van der Waals surface area contributed by atoms with Crippen molar-refractivity contribution < 1.29 is 10.2 Å². The second-order valence-electron chi connectivity index (χ2n) is 5.56. The third-order valence-electron chi connectivity index (χ3n) is 4.66. The van der Waals surface area contributed by atoms with Gasteiger partial charge in [0, 0.05) is 17.7 Å². The molecule has 2 fully saturated rings. The van der Waals surface area contributed by atoms with E-state index in [1.807, 2.05) is 0 Å². The lowest BCUT2D eigenvalue weighted by Crippen LogP contribution is -2.33. The average Bonchev–Trinajstić information content (AvgIpc) is 3.09. The summed E-state index contributed by atoms with van der Waals surface area (Å²) in [5.74, 6) is 0.0897. The molecule has 3 rings (SSSR count). The molecule has 7 heteroatoms. The van der Waals surface area contributed by atoms with Gasteiger partial charge in [0.05, 0.1) is 18.3 Å². The molecule has 2 aliphatic rings. The number of aliphatic hydroxyl groups excluding tert-OH is 2. The van der Waals surface area contributed by atoms with Crippen LogP contribution in [-0.4, -0.2) is 32.5 Å². The van der Waals surface area contributed by atoms with Crippen LogP contribution in [0.15, 0.2) is 20.8 Å². The second kappa shape index (κ2) is 4.68. The molecule has 0 spiro atoms. The van der Waals surface area contributed by atoms with Crippen molar-refractivity contribution >= 4 is 22.0 Å². The number of aromatic amines is 1. The number of hydrogen-bond acceptors (Lipinski definition) is 4. The van der Waals surface area contributed by atoms with Crippen LogP contribution in [0.4, 0.5) is 0 Å². The summed E-state index contributed by atoms with van der Waals surface area (Å²) >= 11 is 3.10. The first kappa shape index (κ1) is 13.8. The molecule has 0 saturated heterocycles. The maximum absolute atomic E-state index is 12.0. The number of rotatable bonds is 3. The summed E-state index contributed by atoms with van der Waals surface area (Å²) in [6.45, 7) is -0.0679. The van der Waals surface area contributed by atoms with Gasteiger partial charge in [-0.1, -0.05) is 15.9 Å². The first-order valence-corrected chi connectivity index (χ1v) is 7.36. The van der Waals surface area contributed by atoms with E-state index in [1.165, 1.54) is 10.8 Å². The molecule has 0 amide bonds. The highest BCUT2D eigenvalue weighted by molar-refractivity contribution is 9.11. The lowest BCUT2D eigenvalue weighted by Gasteiger charge is -2.17. The van der Waals surface area contributed by atoms with E-state index in [4.69, 9.17) is 0 Å². The highest BCUT2D eigenvalue weighted by Gasteiger charge is 2.67. The molecule has 108 valence electrons. The Balaban J connectivity index is 2.02. The number of hydrogen-bond donors (Lipinski definition) is 3. The maximum atomic E-state index is 12.0. The topological polar surface area (TPSA) is 95.3 Å². The van der Waals surface area contributed by atoms with Crippen LogP contribution in [0.2, 0.25) is 0 Å². The minimum absolute atomic E-state index is 0.0679. The van der Waals surface area contributed by atoms with Gasteiger partial charge in [-0.25, -0.2) is 4.79 Å². The Morgan fingerprint density at radius 2 is 2.30 bits per heavy atom. The van der Waals surface area contributed by atoms with E-state index in [9.17, 15) is 19.8 Å². The van der Waals surface area contributed by atoms with Crippen LogP contribution in [0.5, 0.6) is 0 Å². The first-order valence-electron chi connectivity index (χ1n) is 6.44. The van der Waals surface area contributed by atoms with E-state index >= 15 is 0 Å². The zero-order chi connectivity index (χ0) is 14.5. The molecule has 3 N–H and O–H groups in total. The standard InChI is InChI=1S/C13H15BrN2O4/c14-2-1-7-5-16(12(20)15-11(7)19)9-3-10(18)13(6-17)4-8(9)13/h1-2,5,8-10,17-18H,3-4,6H2,(H,15,19,20)/b2-1+/t8-,9+,10+,13+/m1/s1. The fourth-order valence-corrected chi connectivity index (χ4v) is 3.69. The zero-order valence-corrected chi connectivity index (χ0v) is 12.2. The van der Waals surface area contributed by atoms with Gasteiger partial charge >= 0.3 is 5.69 Å². The molecule has 20 heavy (non-hydrogen) atoms. The third-order valence-corrected chi connectivity index (χ3v) is 4.93.